The average molecular weight is 532 g/mol. The lowest BCUT2D eigenvalue weighted by Gasteiger charge is -2.32. The van der Waals surface area contributed by atoms with E-state index in [2.05, 4.69) is 58.4 Å². The average Bonchev–Trinajstić information content (AvgIpc) is 2.51. The summed E-state index contributed by atoms with van der Waals surface area (Å²) < 4.78 is 2.80. The second kappa shape index (κ2) is 7.47. The van der Waals surface area contributed by atoms with Gasteiger partial charge >= 0.3 is 6.03 Å². The Hall–Kier alpha value is -1.38. The van der Waals surface area contributed by atoms with Gasteiger partial charge in [-0.25, -0.2) is 4.79 Å². The van der Waals surface area contributed by atoms with Crippen molar-refractivity contribution in [2.45, 2.75) is 19.4 Å². The fraction of sp³-hybridized carbons (Fsp3) is 0.176. The van der Waals surface area contributed by atoms with Crippen LogP contribution in [0.25, 0.3) is 0 Å². The second-order valence-corrected chi connectivity index (χ2v) is 8.32. The minimum atomic E-state index is -0.386. The molecule has 1 unspecified atom stereocenters. The smallest absolute Gasteiger partial charge is 0.328 e. The molecule has 5 nitrogen and oxygen atoms in total. The monoisotopic (exact) mass is 529 g/mol. The minimum Gasteiger partial charge on any atom is -0.354 e. The van der Waals surface area contributed by atoms with Crippen molar-refractivity contribution in [3.63, 3.8) is 0 Å². The van der Waals surface area contributed by atoms with Crippen molar-refractivity contribution in [1.29, 1.82) is 0 Å². The molecule has 2 aromatic rings. The first kappa shape index (κ1) is 18.4. The third-order valence-electron chi connectivity index (χ3n) is 3.81. The summed E-state index contributed by atoms with van der Waals surface area (Å²) in [7, 11) is 0. The number of carbonyl (C=O) groups is 2. The standard InChI is InChI=1S/C17H14Br3N3O2/c1-9-6-15(24)22-17(25)23(9)12-4-2-11(3-5-12)21-16-13(19)7-10(18)8-14(16)20/h2-5,7-9,21H,6H2,1H3,(H,22,24,25). The molecular formula is C17H14Br3N3O2. The summed E-state index contributed by atoms with van der Waals surface area (Å²) in [5.41, 5.74) is 2.54. The molecule has 0 spiro atoms. The van der Waals surface area contributed by atoms with E-state index in [9.17, 15) is 9.59 Å². The van der Waals surface area contributed by atoms with Crippen molar-refractivity contribution >= 4 is 76.8 Å². The normalized spacial score (nSPS) is 17.4. The lowest BCUT2D eigenvalue weighted by atomic mass is 10.1. The Balaban J connectivity index is 1.81. The van der Waals surface area contributed by atoms with E-state index in [4.69, 9.17) is 0 Å². The van der Waals surface area contributed by atoms with Crippen molar-refractivity contribution < 1.29 is 9.59 Å². The fourth-order valence-electron chi connectivity index (χ4n) is 2.67. The third-order valence-corrected chi connectivity index (χ3v) is 5.52. The van der Waals surface area contributed by atoms with Crippen LogP contribution in [-0.4, -0.2) is 18.0 Å². The highest BCUT2D eigenvalue weighted by Crippen LogP contribution is 2.36. The number of benzene rings is 2. The maximum atomic E-state index is 12.1. The fourth-order valence-corrected chi connectivity index (χ4v) is 5.13. The molecule has 8 heteroatoms. The summed E-state index contributed by atoms with van der Waals surface area (Å²) >= 11 is 10.5. The van der Waals surface area contributed by atoms with Gasteiger partial charge in [-0.1, -0.05) is 15.9 Å². The van der Waals surface area contributed by atoms with Crippen molar-refractivity contribution in [3.05, 3.63) is 49.8 Å². The van der Waals surface area contributed by atoms with E-state index in [0.717, 1.165) is 30.5 Å². The number of imide groups is 1. The molecular weight excluding hydrogens is 518 g/mol. The number of rotatable bonds is 3. The molecule has 1 aliphatic heterocycles. The molecule has 3 amide bonds. The van der Waals surface area contributed by atoms with Crippen LogP contribution in [0.4, 0.5) is 21.9 Å². The Kier molecular flexibility index (Phi) is 5.50. The number of nitrogens with one attached hydrogen (secondary N) is 2. The molecule has 25 heavy (non-hydrogen) atoms. The molecule has 1 fully saturated rings. The van der Waals surface area contributed by atoms with Gasteiger partial charge in [0.2, 0.25) is 5.91 Å². The zero-order valence-electron chi connectivity index (χ0n) is 13.1. The van der Waals surface area contributed by atoms with Crippen LogP contribution in [0.3, 0.4) is 0 Å². The number of anilines is 3. The maximum absolute atomic E-state index is 12.1. The van der Waals surface area contributed by atoms with Gasteiger partial charge in [-0.05, 0) is 75.2 Å². The molecule has 0 bridgehead atoms. The van der Waals surface area contributed by atoms with Crippen LogP contribution in [-0.2, 0) is 4.79 Å². The molecule has 3 rings (SSSR count). The van der Waals surface area contributed by atoms with Crippen LogP contribution in [0.1, 0.15) is 13.3 Å². The van der Waals surface area contributed by atoms with Crippen molar-refractivity contribution in [1.82, 2.24) is 5.32 Å². The number of halogens is 3. The van der Waals surface area contributed by atoms with Gasteiger partial charge in [0.15, 0.2) is 0 Å². The van der Waals surface area contributed by atoms with Gasteiger partial charge in [-0.15, -0.1) is 0 Å². The van der Waals surface area contributed by atoms with Gasteiger partial charge in [0.1, 0.15) is 0 Å². The summed E-state index contributed by atoms with van der Waals surface area (Å²) in [6.07, 6.45) is 0.296. The van der Waals surface area contributed by atoms with E-state index in [1.807, 2.05) is 43.3 Å². The first-order valence-corrected chi connectivity index (χ1v) is 9.87. The Morgan fingerprint density at radius 1 is 1.08 bits per heavy atom. The SMILES string of the molecule is CC1CC(=O)NC(=O)N1c1ccc(Nc2c(Br)cc(Br)cc2Br)cc1. The Morgan fingerprint density at radius 3 is 2.24 bits per heavy atom. The Morgan fingerprint density at radius 2 is 1.68 bits per heavy atom. The molecule has 1 heterocycles. The molecule has 2 N–H and O–H groups in total. The number of amides is 3. The number of hydrogen-bond donors (Lipinski definition) is 2. The molecule has 0 radical (unpaired) electrons. The lowest BCUT2D eigenvalue weighted by Crippen LogP contribution is -2.54. The van der Waals surface area contributed by atoms with Gasteiger partial charge in [0, 0.05) is 37.3 Å². The van der Waals surface area contributed by atoms with Crippen LogP contribution >= 0.6 is 47.8 Å². The van der Waals surface area contributed by atoms with E-state index < -0.39 is 0 Å². The highest BCUT2D eigenvalue weighted by molar-refractivity contribution is 9.11. The van der Waals surface area contributed by atoms with Crippen LogP contribution < -0.4 is 15.5 Å². The van der Waals surface area contributed by atoms with Crippen molar-refractivity contribution in [2.24, 2.45) is 0 Å². The molecule has 1 atom stereocenters. The molecule has 0 saturated carbocycles. The predicted octanol–water partition coefficient (Wildman–Crippen LogP) is 5.55. The number of urea groups is 1. The van der Waals surface area contributed by atoms with E-state index in [1.54, 1.807) is 4.90 Å². The summed E-state index contributed by atoms with van der Waals surface area (Å²) in [6, 6.07) is 10.9. The number of carbonyl (C=O) groups excluding carboxylic acids is 2. The first-order chi connectivity index (χ1) is 11.8. The summed E-state index contributed by atoms with van der Waals surface area (Å²) in [4.78, 5) is 25.1. The van der Waals surface area contributed by atoms with Gasteiger partial charge in [-0.3, -0.25) is 15.0 Å². The molecule has 0 aliphatic carbocycles. The number of hydrogen-bond acceptors (Lipinski definition) is 3. The Bertz CT molecular complexity index is 817. The molecule has 2 aromatic carbocycles. The topological polar surface area (TPSA) is 61.4 Å². The van der Waals surface area contributed by atoms with Crippen LogP contribution in [0, 0.1) is 0 Å². The summed E-state index contributed by atoms with van der Waals surface area (Å²) in [5, 5.41) is 5.69. The van der Waals surface area contributed by atoms with Crippen LogP contribution in [0.2, 0.25) is 0 Å². The Labute approximate surface area is 170 Å². The summed E-state index contributed by atoms with van der Waals surface area (Å²) in [6.45, 7) is 1.86. The highest BCUT2D eigenvalue weighted by atomic mass is 79.9. The van der Waals surface area contributed by atoms with Gasteiger partial charge in [0.25, 0.3) is 0 Å². The van der Waals surface area contributed by atoms with E-state index >= 15 is 0 Å². The van der Waals surface area contributed by atoms with E-state index in [0.29, 0.717) is 6.42 Å². The van der Waals surface area contributed by atoms with E-state index in [1.165, 1.54) is 0 Å². The maximum Gasteiger partial charge on any atom is 0.328 e. The largest absolute Gasteiger partial charge is 0.354 e. The second-order valence-electron chi connectivity index (χ2n) is 5.69. The van der Waals surface area contributed by atoms with Gasteiger partial charge < -0.3 is 5.32 Å². The molecule has 130 valence electrons. The third kappa shape index (κ3) is 4.07. The molecule has 1 saturated heterocycles. The molecule has 1 aliphatic rings. The predicted molar refractivity (Wildman–Crippen MR) is 109 cm³/mol. The zero-order valence-corrected chi connectivity index (χ0v) is 17.9. The first-order valence-electron chi connectivity index (χ1n) is 7.50. The lowest BCUT2D eigenvalue weighted by molar-refractivity contribution is -0.120. The zero-order chi connectivity index (χ0) is 18.1. The van der Waals surface area contributed by atoms with E-state index in [-0.39, 0.29) is 18.0 Å². The van der Waals surface area contributed by atoms with Crippen LogP contribution in [0.5, 0.6) is 0 Å². The minimum absolute atomic E-state index is 0.171. The summed E-state index contributed by atoms with van der Waals surface area (Å²) in [5.74, 6) is -0.239. The highest BCUT2D eigenvalue weighted by Gasteiger charge is 2.30. The van der Waals surface area contributed by atoms with Crippen molar-refractivity contribution in [2.75, 3.05) is 10.2 Å². The van der Waals surface area contributed by atoms with Crippen molar-refractivity contribution in [3.8, 4) is 0 Å². The van der Waals surface area contributed by atoms with Gasteiger partial charge in [-0.2, -0.15) is 0 Å². The molecule has 0 aromatic heterocycles. The van der Waals surface area contributed by atoms with Gasteiger partial charge in [0.05, 0.1) is 5.69 Å². The quantitative estimate of drug-likeness (QED) is 0.546. The van der Waals surface area contributed by atoms with Crippen LogP contribution in [0.15, 0.2) is 49.8 Å². The number of nitrogens with zero attached hydrogens (tertiary/aromatic N) is 1.